The zero-order valence-corrected chi connectivity index (χ0v) is 12.2. The van der Waals surface area contributed by atoms with E-state index < -0.39 is 10.0 Å². The highest BCUT2D eigenvalue weighted by Gasteiger charge is 2.24. The largest absolute Gasteiger partial charge is 0.303 e. The highest BCUT2D eigenvalue weighted by molar-refractivity contribution is 7.88. The standard InChI is InChI=1S/C13H26N2O2S/c1-18(16,17)14-13-7-9-15(10-8-13)11-12-5-3-2-4-6-12/h12-14H,2-11H2,1H3. The molecule has 5 heteroatoms. The van der Waals surface area contributed by atoms with Crippen molar-refractivity contribution in [3.05, 3.63) is 0 Å². The third kappa shape index (κ3) is 4.86. The lowest BCUT2D eigenvalue weighted by atomic mass is 9.88. The summed E-state index contributed by atoms with van der Waals surface area (Å²) in [7, 11) is -3.04. The van der Waals surface area contributed by atoms with Crippen LogP contribution in [0, 0.1) is 5.92 Å². The predicted octanol–water partition coefficient (Wildman–Crippen LogP) is 1.58. The van der Waals surface area contributed by atoms with Gasteiger partial charge in [0.15, 0.2) is 0 Å². The van der Waals surface area contributed by atoms with Gasteiger partial charge in [-0.2, -0.15) is 0 Å². The molecule has 0 bridgehead atoms. The van der Waals surface area contributed by atoms with Gasteiger partial charge in [0, 0.05) is 12.6 Å². The van der Waals surface area contributed by atoms with Crippen LogP contribution in [0.25, 0.3) is 0 Å². The molecule has 0 spiro atoms. The van der Waals surface area contributed by atoms with Gasteiger partial charge in [-0.15, -0.1) is 0 Å². The summed E-state index contributed by atoms with van der Waals surface area (Å²) in [6.07, 6.45) is 10.2. The first-order valence-corrected chi connectivity index (χ1v) is 9.12. The summed E-state index contributed by atoms with van der Waals surface area (Å²) in [5.74, 6) is 0.887. The Kier molecular flexibility index (Phi) is 5.04. The van der Waals surface area contributed by atoms with E-state index in [1.165, 1.54) is 44.9 Å². The molecule has 2 fully saturated rings. The van der Waals surface area contributed by atoms with Gasteiger partial charge in [-0.25, -0.2) is 13.1 Å². The Morgan fingerprint density at radius 1 is 1.06 bits per heavy atom. The van der Waals surface area contributed by atoms with Crippen molar-refractivity contribution in [2.45, 2.75) is 51.0 Å². The van der Waals surface area contributed by atoms with E-state index in [0.717, 1.165) is 31.8 Å². The third-order valence-electron chi connectivity index (χ3n) is 4.21. The topological polar surface area (TPSA) is 49.4 Å². The average Bonchev–Trinajstić information content (AvgIpc) is 2.31. The molecule has 0 unspecified atom stereocenters. The number of sulfonamides is 1. The summed E-state index contributed by atoms with van der Waals surface area (Å²) in [6, 6.07) is 0.155. The van der Waals surface area contributed by atoms with E-state index >= 15 is 0 Å². The van der Waals surface area contributed by atoms with Gasteiger partial charge < -0.3 is 4.90 Å². The minimum atomic E-state index is -3.04. The number of piperidine rings is 1. The number of hydrogen-bond donors (Lipinski definition) is 1. The zero-order valence-electron chi connectivity index (χ0n) is 11.4. The maximum atomic E-state index is 11.2. The first kappa shape index (κ1) is 14.3. The molecule has 0 radical (unpaired) electrons. The molecule has 1 saturated carbocycles. The van der Waals surface area contributed by atoms with E-state index in [-0.39, 0.29) is 6.04 Å². The highest BCUT2D eigenvalue weighted by Crippen LogP contribution is 2.25. The Bertz CT molecular complexity index is 342. The quantitative estimate of drug-likeness (QED) is 0.847. The fourth-order valence-electron chi connectivity index (χ4n) is 3.27. The smallest absolute Gasteiger partial charge is 0.208 e. The van der Waals surface area contributed by atoms with Gasteiger partial charge in [0.1, 0.15) is 0 Å². The summed E-state index contributed by atoms with van der Waals surface area (Å²) in [5, 5.41) is 0. The summed E-state index contributed by atoms with van der Waals surface area (Å²) >= 11 is 0. The van der Waals surface area contributed by atoms with Gasteiger partial charge in [-0.3, -0.25) is 0 Å². The third-order valence-corrected chi connectivity index (χ3v) is 4.97. The van der Waals surface area contributed by atoms with E-state index in [1.807, 2.05) is 0 Å². The molecule has 0 atom stereocenters. The maximum Gasteiger partial charge on any atom is 0.208 e. The van der Waals surface area contributed by atoms with Crippen molar-refractivity contribution in [3.8, 4) is 0 Å². The van der Waals surface area contributed by atoms with Crippen molar-refractivity contribution in [3.63, 3.8) is 0 Å². The molecule has 2 aliphatic rings. The van der Waals surface area contributed by atoms with Crippen LogP contribution in [0.2, 0.25) is 0 Å². The molecule has 0 aromatic rings. The first-order valence-electron chi connectivity index (χ1n) is 7.22. The number of hydrogen-bond acceptors (Lipinski definition) is 3. The zero-order chi connectivity index (χ0) is 13.0. The second-order valence-electron chi connectivity index (χ2n) is 5.97. The molecule has 106 valence electrons. The molecule has 1 saturated heterocycles. The lowest BCUT2D eigenvalue weighted by Crippen LogP contribution is -2.45. The molecule has 4 nitrogen and oxygen atoms in total. The molecule has 1 aliphatic carbocycles. The van der Waals surface area contributed by atoms with Crippen LogP contribution in [0.5, 0.6) is 0 Å². The first-order chi connectivity index (χ1) is 8.53. The molecule has 1 N–H and O–H groups in total. The lowest BCUT2D eigenvalue weighted by Gasteiger charge is -2.35. The molecular formula is C13H26N2O2S. The van der Waals surface area contributed by atoms with E-state index in [9.17, 15) is 8.42 Å². The summed E-state index contributed by atoms with van der Waals surface area (Å²) in [4.78, 5) is 2.52. The van der Waals surface area contributed by atoms with Crippen LogP contribution in [0.1, 0.15) is 44.9 Å². The SMILES string of the molecule is CS(=O)(=O)NC1CCN(CC2CCCCC2)CC1. The summed E-state index contributed by atoms with van der Waals surface area (Å²) in [6.45, 7) is 3.32. The Morgan fingerprint density at radius 2 is 1.67 bits per heavy atom. The van der Waals surface area contributed by atoms with Gasteiger partial charge in [0.05, 0.1) is 6.26 Å². The fourth-order valence-corrected chi connectivity index (χ4v) is 4.11. The van der Waals surface area contributed by atoms with Gasteiger partial charge >= 0.3 is 0 Å². The average molecular weight is 274 g/mol. The lowest BCUT2D eigenvalue weighted by molar-refractivity contribution is 0.161. The van der Waals surface area contributed by atoms with Crippen molar-refractivity contribution >= 4 is 10.0 Å². The van der Waals surface area contributed by atoms with Crippen molar-refractivity contribution in [1.29, 1.82) is 0 Å². The van der Waals surface area contributed by atoms with Crippen LogP contribution in [0.4, 0.5) is 0 Å². The van der Waals surface area contributed by atoms with Crippen LogP contribution < -0.4 is 4.72 Å². The molecule has 2 rings (SSSR count). The number of nitrogens with one attached hydrogen (secondary N) is 1. The van der Waals surface area contributed by atoms with Gasteiger partial charge in [0.2, 0.25) is 10.0 Å². The Balaban J connectivity index is 1.69. The van der Waals surface area contributed by atoms with Crippen molar-refractivity contribution in [2.24, 2.45) is 5.92 Å². The predicted molar refractivity (Wildman–Crippen MR) is 74.0 cm³/mol. The normalized spacial score (nSPS) is 25.4. The highest BCUT2D eigenvalue weighted by atomic mass is 32.2. The van der Waals surface area contributed by atoms with Crippen molar-refractivity contribution < 1.29 is 8.42 Å². The Morgan fingerprint density at radius 3 is 2.22 bits per heavy atom. The number of nitrogens with zero attached hydrogens (tertiary/aromatic N) is 1. The van der Waals surface area contributed by atoms with Gasteiger partial charge in [0.25, 0.3) is 0 Å². The summed E-state index contributed by atoms with van der Waals surface area (Å²) in [5.41, 5.74) is 0. The van der Waals surface area contributed by atoms with E-state index in [2.05, 4.69) is 9.62 Å². The molecule has 1 heterocycles. The number of likely N-dealkylation sites (tertiary alicyclic amines) is 1. The monoisotopic (exact) mass is 274 g/mol. The molecule has 0 aromatic heterocycles. The second kappa shape index (κ2) is 6.35. The van der Waals surface area contributed by atoms with Crippen LogP contribution in [-0.4, -0.2) is 45.2 Å². The van der Waals surface area contributed by atoms with E-state index in [4.69, 9.17) is 0 Å². The fraction of sp³-hybridized carbons (Fsp3) is 1.00. The number of rotatable bonds is 4. The van der Waals surface area contributed by atoms with Crippen LogP contribution in [0.15, 0.2) is 0 Å². The minimum Gasteiger partial charge on any atom is -0.303 e. The van der Waals surface area contributed by atoms with E-state index in [1.54, 1.807) is 0 Å². The van der Waals surface area contributed by atoms with Gasteiger partial charge in [-0.1, -0.05) is 19.3 Å². The van der Waals surface area contributed by atoms with Crippen molar-refractivity contribution in [1.82, 2.24) is 9.62 Å². The molecular weight excluding hydrogens is 248 g/mol. The Labute approximate surface area is 111 Å². The van der Waals surface area contributed by atoms with Crippen LogP contribution >= 0.6 is 0 Å². The molecule has 18 heavy (non-hydrogen) atoms. The van der Waals surface area contributed by atoms with E-state index in [0.29, 0.717) is 0 Å². The summed E-state index contributed by atoms with van der Waals surface area (Å²) < 4.78 is 25.1. The minimum absolute atomic E-state index is 0.155. The second-order valence-corrected chi connectivity index (χ2v) is 7.75. The molecule has 0 aromatic carbocycles. The van der Waals surface area contributed by atoms with Crippen LogP contribution in [0.3, 0.4) is 0 Å². The van der Waals surface area contributed by atoms with Gasteiger partial charge in [-0.05, 0) is 44.7 Å². The molecule has 0 amide bonds. The Hall–Kier alpha value is -0.130. The molecule has 1 aliphatic heterocycles. The maximum absolute atomic E-state index is 11.2. The van der Waals surface area contributed by atoms with Crippen LogP contribution in [-0.2, 0) is 10.0 Å². The van der Waals surface area contributed by atoms with Crippen molar-refractivity contribution in [2.75, 3.05) is 25.9 Å².